The van der Waals surface area contributed by atoms with Gasteiger partial charge in [0.25, 0.3) is 0 Å². The number of nitrogens with one attached hydrogen (secondary N) is 1. The first-order valence-electron chi connectivity index (χ1n) is 5.49. The molecule has 1 rings (SSSR count). The molecule has 1 aromatic rings. The molecular weight excluding hydrogens is 220 g/mol. The quantitative estimate of drug-likeness (QED) is 0.520. The van der Waals surface area contributed by atoms with E-state index in [4.69, 9.17) is 15.6 Å². The number of rotatable bonds is 6. The smallest absolute Gasteiger partial charge is 0.335 e. The maximum absolute atomic E-state index is 10.8. The van der Waals surface area contributed by atoms with E-state index in [-0.39, 0.29) is 11.7 Å². The Hall–Kier alpha value is -1.75. The van der Waals surface area contributed by atoms with Gasteiger partial charge in [-0.1, -0.05) is 0 Å². The lowest BCUT2D eigenvalue weighted by molar-refractivity contribution is 0.0697. The number of carboxylic acids is 1. The van der Waals surface area contributed by atoms with Crippen LogP contribution in [0.4, 0.5) is 11.4 Å². The van der Waals surface area contributed by atoms with Crippen molar-refractivity contribution in [1.82, 2.24) is 0 Å². The van der Waals surface area contributed by atoms with Crippen LogP contribution in [0.15, 0.2) is 18.2 Å². The Morgan fingerprint density at radius 2 is 2.24 bits per heavy atom. The van der Waals surface area contributed by atoms with E-state index in [1.54, 1.807) is 6.07 Å². The SMILES string of the molecule is CC(C)OCCNc1cc(C(=O)O)ccc1N. The van der Waals surface area contributed by atoms with Crippen LogP contribution < -0.4 is 11.1 Å². The van der Waals surface area contributed by atoms with Crippen molar-refractivity contribution >= 4 is 17.3 Å². The monoisotopic (exact) mass is 238 g/mol. The molecule has 94 valence electrons. The molecule has 17 heavy (non-hydrogen) atoms. The number of aromatic carboxylic acids is 1. The molecule has 0 saturated heterocycles. The van der Waals surface area contributed by atoms with Crippen LogP contribution in [0.5, 0.6) is 0 Å². The summed E-state index contributed by atoms with van der Waals surface area (Å²) in [5.74, 6) is -0.966. The fourth-order valence-corrected chi connectivity index (χ4v) is 1.32. The molecular formula is C12H18N2O3. The van der Waals surface area contributed by atoms with Crippen molar-refractivity contribution < 1.29 is 14.6 Å². The van der Waals surface area contributed by atoms with Crippen LogP contribution >= 0.6 is 0 Å². The third kappa shape index (κ3) is 4.32. The highest BCUT2D eigenvalue weighted by molar-refractivity contribution is 5.90. The number of ether oxygens (including phenoxy) is 1. The molecule has 5 heteroatoms. The molecule has 0 amide bonds. The molecule has 4 N–H and O–H groups in total. The molecule has 0 spiro atoms. The maximum atomic E-state index is 10.8. The van der Waals surface area contributed by atoms with Crippen molar-refractivity contribution in [3.8, 4) is 0 Å². The molecule has 0 fully saturated rings. The average Bonchev–Trinajstić information content (AvgIpc) is 2.25. The topological polar surface area (TPSA) is 84.6 Å². The summed E-state index contributed by atoms with van der Waals surface area (Å²) in [5, 5.41) is 11.9. The van der Waals surface area contributed by atoms with E-state index >= 15 is 0 Å². The molecule has 5 nitrogen and oxygen atoms in total. The highest BCUT2D eigenvalue weighted by atomic mass is 16.5. The fourth-order valence-electron chi connectivity index (χ4n) is 1.32. The predicted molar refractivity (Wildman–Crippen MR) is 67.4 cm³/mol. The van der Waals surface area contributed by atoms with Gasteiger partial charge in [-0.05, 0) is 32.0 Å². The summed E-state index contributed by atoms with van der Waals surface area (Å²) in [4.78, 5) is 10.8. The molecule has 0 radical (unpaired) electrons. The second-order valence-electron chi connectivity index (χ2n) is 3.95. The minimum atomic E-state index is -0.966. The standard InChI is InChI=1S/C12H18N2O3/c1-8(2)17-6-5-14-11-7-9(12(15)16)3-4-10(11)13/h3-4,7-8,14H,5-6,13H2,1-2H3,(H,15,16). The Balaban J connectivity index is 2.57. The van der Waals surface area contributed by atoms with Crippen LogP contribution in [0, 0.1) is 0 Å². The largest absolute Gasteiger partial charge is 0.478 e. The minimum absolute atomic E-state index is 0.180. The number of carboxylic acid groups (broad SMARTS) is 1. The van der Waals surface area contributed by atoms with Crippen molar-refractivity contribution in [3.63, 3.8) is 0 Å². The predicted octanol–water partition coefficient (Wildman–Crippen LogP) is 1.80. The lowest BCUT2D eigenvalue weighted by atomic mass is 10.1. The highest BCUT2D eigenvalue weighted by Crippen LogP contribution is 2.19. The summed E-state index contributed by atoms with van der Waals surface area (Å²) in [6.45, 7) is 5.05. The van der Waals surface area contributed by atoms with Gasteiger partial charge in [-0.25, -0.2) is 4.79 Å². The molecule has 0 aliphatic heterocycles. The molecule has 0 aliphatic rings. The molecule has 0 saturated carbocycles. The van der Waals surface area contributed by atoms with Crippen LogP contribution in [0.1, 0.15) is 24.2 Å². The molecule has 0 unspecified atom stereocenters. The Bertz CT molecular complexity index is 391. The molecule has 0 bridgehead atoms. The van der Waals surface area contributed by atoms with Gasteiger partial charge < -0.3 is 20.9 Å². The van der Waals surface area contributed by atoms with Crippen molar-refractivity contribution in [2.24, 2.45) is 0 Å². The molecule has 0 aromatic heterocycles. The number of nitrogens with two attached hydrogens (primary N) is 1. The highest BCUT2D eigenvalue weighted by Gasteiger charge is 2.06. The van der Waals surface area contributed by atoms with Crippen LogP contribution in [0.25, 0.3) is 0 Å². The van der Waals surface area contributed by atoms with Gasteiger partial charge in [0.1, 0.15) is 0 Å². The Morgan fingerprint density at radius 3 is 2.82 bits per heavy atom. The van der Waals surface area contributed by atoms with Crippen LogP contribution in [-0.2, 0) is 4.74 Å². The van der Waals surface area contributed by atoms with Crippen molar-refractivity contribution in [2.45, 2.75) is 20.0 Å². The number of benzene rings is 1. The Labute approximate surface area is 101 Å². The van der Waals surface area contributed by atoms with Crippen molar-refractivity contribution in [3.05, 3.63) is 23.8 Å². The molecule has 0 aliphatic carbocycles. The summed E-state index contributed by atoms with van der Waals surface area (Å²) < 4.78 is 5.36. The zero-order chi connectivity index (χ0) is 12.8. The lowest BCUT2D eigenvalue weighted by Gasteiger charge is -2.11. The Kier molecular flexibility index (Phi) is 4.78. The number of carbonyl (C=O) groups is 1. The van der Waals surface area contributed by atoms with Gasteiger partial charge in [0.15, 0.2) is 0 Å². The van der Waals surface area contributed by atoms with Gasteiger partial charge in [0.2, 0.25) is 0 Å². The summed E-state index contributed by atoms with van der Waals surface area (Å²) in [6, 6.07) is 4.58. The van der Waals surface area contributed by atoms with E-state index in [1.807, 2.05) is 13.8 Å². The van der Waals surface area contributed by atoms with Crippen molar-refractivity contribution in [2.75, 3.05) is 24.2 Å². The first kappa shape index (κ1) is 13.3. The van der Waals surface area contributed by atoms with E-state index < -0.39 is 5.97 Å². The first-order chi connectivity index (χ1) is 8.00. The lowest BCUT2D eigenvalue weighted by Crippen LogP contribution is -2.14. The van der Waals surface area contributed by atoms with E-state index in [9.17, 15) is 4.79 Å². The van der Waals surface area contributed by atoms with E-state index in [1.165, 1.54) is 12.1 Å². The maximum Gasteiger partial charge on any atom is 0.335 e. The molecule has 1 aromatic carbocycles. The number of anilines is 2. The zero-order valence-electron chi connectivity index (χ0n) is 10.1. The first-order valence-corrected chi connectivity index (χ1v) is 5.49. The third-order valence-electron chi connectivity index (χ3n) is 2.17. The summed E-state index contributed by atoms with van der Waals surface area (Å²) in [7, 11) is 0. The van der Waals surface area contributed by atoms with Gasteiger partial charge in [-0.2, -0.15) is 0 Å². The average molecular weight is 238 g/mol. The van der Waals surface area contributed by atoms with Gasteiger partial charge in [-0.3, -0.25) is 0 Å². The van der Waals surface area contributed by atoms with Gasteiger partial charge in [0, 0.05) is 6.54 Å². The summed E-state index contributed by atoms with van der Waals surface area (Å²) in [6.07, 6.45) is 0.180. The minimum Gasteiger partial charge on any atom is -0.478 e. The second-order valence-corrected chi connectivity index (χ2v) is 3.95. The molecule has 0 atom stereocenters. The van der Waals surface area contributed by atoms with Gasteiger partial charge >= 0.3 is 5.97 Å². The summed E-state index contributed by atoms with van der Waals surface area (Å²) in [5.41, 5.74) is 7.10. The molecule has 0 heterocycles. The summed E-state index contributed by atoms with van der Waals surface area (Å²) >= 11 is 0. The normalized spacial score (nSPS) is 10.5. The van der Waals surface area contributed by atoms with E-state index in [0.29, 0.717) is 24.5 Å². The van der Waals surface area contributed by atoms with Crippen molar-refractivity contribution in [1.29, 1.82) is 0 Å². The van der Waals surface area contributed by atoms with E-state index in [2.05, 4.69) is 5.32 Å². The Morgan fingerprint density at radius 1 is 1.53 bits per heavy atom. The van der Waals surface area contributed by atoms with Gasteiger partial charge in [0.05, 0.1) is 29.6 Å². The van der Waals surface area contributed by atoms with E-state index in [0.717, 1.165) is 0 Å². The van der Waals surface area contributed by atoms with Crippen LogP contribution in [-0.4, -0.2) is 30.3 Å². The fraction of sp³-hybridized carbons (Fsp3) is 0.417. The number of hydrogen-bond acceptors (Lipinski definition) is 4. The number of nitrogen functional groups attached to an aromatic ring is 1. The third-order valence-corrected chi connectivity index (χ3v) is 2.17. The number of hydrogen-bond donors (Lipinski definition) is 3. The zero-order valence-corrected chi connectivity index (χ0v) is 10.1. The second kappa shape index (κ2) is 6.10. The van der Waals surface area contributed by atoms with Crippen LogP contribution in [0.2, 0.25) is 0 Å². The van der Waals surface area contributed by atoms with Gasteiger partial charge in [-0.15, -0.1) is 0 Å². The van der Waals surface area contributed by atoms with Crippen LogP contribution in [0.3, 0.4) is 0 Å².